The van der Waals surface area contributed by atoms with E-state index in [1.807, 2.05) is 6.92 Å². The Kier molecular flexibility index (Phi) is 6.75. The summed E-state index contributed by atoms with van der Waals surface area (Å²) in [7, 11) is -1.07. The Hall–Kier alpha value is -3.11. The predicted molar refractivity (Wildman–Crippen MR) is 121 cm³/mol. The zero-order chi connectivity index (χ0) is 23.6. The number of sulfonamides is 1. The number of carbonyl (C=O) groups excluding carboxylic acids is 2. The van der Waals surface area contributed by atoms with Gasteiger partial charge in [0.05, 0.1) is 24.2 Å². The third-order valence-corrected chi connectivity index (χ3v) is 7.20. The fraction of sp³-hybridized carbons (Fsp3) is 0.364. The van der Waals surface area contributed by atoms with E-state index in [4.69, 9.17) is 9.47 Å². The fourth-order valence-electron chi connectivity index (χ4n) is 3.41. The smallest absolute Gasteiger partial charge is 0.265 e. The summed E-state index contributed by atoms with van der Waals surface area (Å²) in [5, 5.41) is 2.70. The van der Waals surface area contributed by atoms with Crippen molar-refractivity contribution in [3.05, 3.63) is 42.0 Å². The summed E-state index contributed by atoms with van der Waals surface area (Å²) >= 11 is 0. The third kappa shape index (κ3) is 4.56. The number of aryl methyl sites for hydroxylation is 1. The molecule has 0 aliphatic carbocycles. The fourth-order valence-corrected chi connectivity index (χ4v) is 4.75. The number of nitrogens with zero attached hydrogens (tertiary/aromatic N) is 2. The maximum atomic E-state index is 13.2. The number of rotatable bonds is 7. The summed E-state index contributed by atoms with van der Waals surface area (Å²) in [6, 6.07) is 9.91. The molecule has 172 valence electrons. The summed E-state index contributed by atoms with van der Waals surface area (Å²) in [5.74, 6) is 0.270. The highest BCUT2D eigenvalue weighted by atomic mass is 32.2. The van der Waals surface area contributed by atoms with Gasteiger partial charge in [-0.1, -0.05) is 0 Å². The lowest BCUT2D eigenvalue weighted by Crippen LogP contribution is -2.41. The number of anilines is 2. The molecule has 0 radical (unpaired) electrons. The molecule has 1 aliphatic rings. The highest BCUT2D eigenvalue weighted by Crippen LogP contribution is 2.35. The van der Waals surface area contributed by atoms with Gasteiger partial charge < -0.3 is 19.7 Å². The SMILES string of the molecule is CCN(C(=O)CN(C)S(=O)(=O)c1cc2c(cc1C)NC(=O)[C@@H](C)O2)c1ccc(OC)cc1. The average molecular weight is 462 g/mol. The molecule has 0 aromatic heterocycles. The Morgan fingerprint density at radius 2 is 1.88 bits per heavy atom. The number of methoxy groups -OCH3 is 1. The number of ether oxygens (including phenoxy) is 2. The van der Waals surface area contributed by atoms with Crippen molar-refractivity contribution >= 4 is 33.2 Å². The molecule has 0 unspecified atom stereocenters. The van der Waals surface area contributed by atoms with Crippen molar-refractivity contribution in [1.29, 1.82) is 0 Å². The van der Waals surface area contributed by atoms with Gasteiger partial charge in [-0.2, -0.15) is 4.31 Å². The van der Waals surface area contributed by atoms with Crippen molar-refractivity contribution in [2.75, 3.05) is 37.5 Å². The molecule has 2 aromatic rings. The first-order valence-electron chi connectivity index (χ1n) is 10.1. The molecule has 0 spiro atoms. The van der Waals surface area contributed by atoms with E-state index >= 15 is 0 Å². The molecule has 9 nitrogen and oxygen atoms in total. The van der Waals surface area contributed by atoms with Crippen LogP contribution in [0.2, 0.25) is 0 Å². The van der Waals surface area contributed by atoms with E-state index in [9.17, 15) is 18.0 Å². The van der Waals surface area contributed by atoms with Crippen molar-refractivity contribution in [2.24, 2.45) is 0 Å². The number of hydrogen-bond donors (Lipinski definition) is 1. The van der Waals surface area contributed by atoms with Crippen molar-refractivity contribution in [2.45, 2.75) is 31.8 Å². The lowest BCUT2D eigenvalue weighted by molar-refractivity contribution is -0.122. The maximum absolute atomic E-state index is 13.2. The zero-order valence-electron chi connectivity index (χ0n) is 18.7. The van der Waals surface area contributed by atoms with Crippen LogP contribution in [0.15, 0.2) is 41.3 Å². The van der Waals surface area contributed by atoms with Crippen LogP contribution in [0.5, 0.6) is 11.5 Å². The topological polar surface area (TPSA) is 105 Å². The summed E-state index contributed by atoms with van der Waals surface area (Å²) in [6.45, 7) is 5.06. The van der Waals surface area contributed by atoms with Crippen LogP contribution in [0.3, 0.4) is 0 Å². The Labute approximate surface area is 188 Å². The van der Waals surface area contributed by atoms with E-state index in [1.165, 1.54) is 18.0 Å². The molecule has 0 saturated carbocycles. The molecule has 1 atom stereocenters. The quantitative estimate of drug-likeness (QED) is 0.679. The second-order valence-corrected chi connectivity index (χ2v) is 9.47. The molecule has 1 N–H and O–H groups in total. The van der Waals surface area contributed by atoms with E-state index in [1.54, 1.807) is 51.3 Å². The van der Waals surface area contributed by atoms with Gasteiger partial charge in [0.1, 0.15) is 11.5 Å². The molecule has 2 amide bonds. The molecule has 1 heterocycles. The van der Waals surface area contributed by atoms with Gasteiger partial charge in [0.15, 0.2) is 6.10 Å². The molecule has 0 saturated heterocycles. The third-order valence-electron chi connectivity index (χ3n) is 5.26. The second-order valence-electron chi connectivity index (χ2n) is 7.46. The van der Waals surface area contributed by atoms with Gasteiger partial charge in [-0.3, -0.25) is 9.59 Å². The number of fused-ring (bicyclic) bond motifs is 1. The van der Waals surface area contributed by atoms with Crippen LogP contribution in [-0.4, -0.2) is 57.9 Å². The average Bonchev–Trinajstić information content (AvgIpc) is 2.75. The van der Waals surface area contributed by atoms with Gasteiger partial charge in [-0.15, -0.1) is 0 Å². The highest BCUT2D eigenvalue weighted by Gasteiger charge is 2.30. The Balaban J connectivity index is 1.83. The molecule has 1 aliphatic heterocycles. The first-order valence-corrected chi connectivity index (χ1v) is 11.6. The van der Waals surface area contributed by atoms with Gasteiger partial charge >= 0.3 is 0 Å². The number of nitrogens with one attached hydrogen (secondary N) is 1. The number of amides is 2. The van der Waals surface area contributed by atoms with Crippen LogP contribution in [0.25, 0.3) is 0 Å². The van der Waals surface area contributed by atoms with Crippen LogP contribution in [0.1, 0.15) is 19.4 Å². The van der Waals surface area contributed by atoms with E-state index in [-0.39, 0.29) is 29.0 Å². The first-order chi connectivity index (χ1) is 15.1. The normalized spacial score (nSPS) is 15.6. The van der Waals surface area contributed by atoms with Gasteiger partial charge in [0.25, 0.3) is 5.91 Å². The molecule has 32 heavy (non-hydrogen) atoms. The first kappa shape index (κ1) is 23.6. The predicted octanol–water partition coefficient (Wildman–Crippen LogP) is 2.40. The van der Waals surface area contributed by atoms with Crippen LogP contribution in [-0.2, 0) is 19.6 Å². The van der Waals surface area contributed by atoms with Gasteiger partial charge in [-0.05, 0) is 56.7 Å². The van der Waals surface area contributed by atoms with Crippen LogP contribution in [0.4, 0.5) is 11.4 Å². The van der Waals surface area contributed by atoms with E-state index in [0.717, 1.165) is 4.31 Å². The largest absolute Gasteiger partial charge is 0.497 e. The van der Waals surface area contributed by atoms with E-state index in [0.29, 0.717) is 29.2 Å². The lowest BCUT2D eigenvalue weighted by Gasteiger charge is -2.27. The number of likely N-dealkylation sites (N-methyl/N-ethyl adjacent to an activating group) is 2. The van der Waals surface area contributed by atoms with Gasteiger partial charge in [0, 0.05) is 25.3 Å². The summed E-state index contributed by atoms with van der Waals surface area (Å²) in [4.78, 5) is 26.3. The molecule has 3 rings (SSSR count). The van der Waals surface area contributed by atoms with Crippen LogP contribution >= 0.6 is 0 Å². The number of carbonyl (C=O) groups is 2. The molecule has 2 aromatic carbocycles. The summed E-state index contributed by atoms with van der Waals surface area (Å²) in [5.41, 5.74) is 1.50. The lowest BCUT2D eigenvalue weighted by atomic mass is 10.1. The Bertz CT molecular complexity index is 1130. The van der Waals surface area contributed by atoms with Crippen LogP contribution in [0, 0.1) is 6.92 Å². The minimum absolute atomic E-state index is 0.0161. The highest BCUT2D eigenvalue weighted by molar-refractivity contribution is 7.89. The van der Waals surface area contributed by atoms with Crippen molar-refractivity contribution in [1.82, 2.24) is 4.31 Å². The van der Waals surface area contributed by atoms with Crippen molar-refractivity contribution in [3.63, 3.8) is 0 Å². The Morgan fingerprint density at radius 3 is 2.47 bits per heavy atom. The van der Waals surface area contributed by atoms with E-state index in [2.05, 4.69) is 5.32 Å². The Morgan fingerprint density at radius 1 is 1.22 bits per heavy atom. The zero-order valence-corrected chi connectivity index (χ0v) is 19.5. The van der Waals surface area contributed by atoms with Gasteiger partial charge in [0.2, 0.25) is 15.9 Å². The molecular formula is C22H27N3O6S. The molecule has 0 fully saturated rings. The summed E-state index contributed by atoms with van der Waals surface area (Å²) in [6.07, 6.45) is -0.734. The summed E-state index contributed by atoms with van der Waals surface area (Å²) < 4.78 is 38.2. The standard InChI is InChI=1S/C22H27N3O6S/c1-6-25(16-7-9-17(30-5)10-8-16)21(26)13-24(4)32(28,29)20-12-19-18(11-14(20)2)23-22(27)15(3)31-19/h7-12,15H,6,13H2,1-5H3,(H,23,27)/t15-/m1/s1. The monoisotopic (exact) mass is 461 g/mol. The van der Waals surface area contributed by atoms with Crippen LogP contribution < -0.4 is 19.7 Å². The molecule has 0 bridgehead atoms. The second kappa shape index (κ2) is 9.17. The minimum atomic E-state index is -3.99. The van der Waals surface area contributed by atoms with E-state index < -0.39 is 16.1 Å². The minimum Gasteiger partial charge on any atom is -0.497 e. The molecule has 10 heteroatoms. The maximum Gasteiger partial charge on any atom is 0.265 e. The number of benzene rings is 2. The molecular weight excluding hydrogens is 434 g/mol. The number of hydrogen-bond acceptors (Lipinski definition) is 6. The van der Waals surface area contributed by atoms with Gasteiger partial charge in [-0.25, -0.2) is 8.42 Å². The van der Waals surface area contributed by atoms with Crippen molar-refractivity contribution < 1.29 is 27.5 Å². The van der Waals surface area contributed by atoms with Crippen molar-refractivity contribution in [3.8, 4) is 11.5 Å².